The Morgan fingerprint density at radius 1 is 0.913 bits per heavy atom. The lowest BCUT2D eigenvalue weighted by molar-refractivity contribution is -0.143. The monoisotopic (exact) mass is 332 g/mol. The molecule has 1 aromatic carbocycles. The van der Waals surface area contributed by atoms with E-state index in [0.29, 0.717) is 30.9 Å². The van der Waals surface area contributed by atoms with Crippen LogP contribution in [0.25, 0.3) is 0 Å². The molecule has 0 amide bonds. The van der Waals surface area contributed by atoms with Crippen LogP contribution in [0.3, 0.4) is 0 Å². The topological polar surface area (TPSA) is 17.3 Å². The van der Waals surface area contributed by atoms with Crippen molar-refractivity contribution in [1.29, 1.82) is 0 Å². The van der Waals surface area contributed by atoms with Crippen LogP contribution in [-0.4, -0.2) is 16.8 Å². The number of halogens is 6. The quantitative estimate of drug-likeness (QED) is 0.690. The number of aromatic nitrogens is 1. The van der Waals surface area contributed by atoms with Crippen molar-refractivity contribution in [3.05, 3.63) is 58.9 Å². The van der Waals surface area contributed by atoms with Crippen molar-refractivity contribution in [1.82, 2.24) is 4.57 Å². The van der Waals surface area contributed by atoms with Crippen LogP contribution in [0.2, 0.25) is 0 Å². The van der Waals surface area contributed by atoms with Gasteiger partial charge in [0, 0.05) is 18.3 Å². The maximum absolute atomic E-state index is 12.9. The Morgan fingerprint density at radius 2 is 1.52 bits per heavy atom. The summed E-state index contributed by atoms with van der Waals surface area (Å²) in [7, 11) is 0. The Balaban J connectivity index is 2.18. The van der Waals surface area contributed by atoms with E-state index in [1.165, 1.54) is 0 Å². The third kappa shape index (κ3) is 2.97. The number of aliphatic imine (C=N–C) groups is 1. The van der Waals surface area contributed by atoms with Crippen LogP contribution < -0.4 is 0 Å². The van der Waals surface area contributed by atoms with Crippen LogP contribution in [-0.2, 0) is 18.9 Å². The average Bonchev–Trinajstić information content (AvgIpc) is 2.93. The normalized spacial score (nSPS) is 15.3. The second-order valence-electron chi connectivity index (χ2n) is 5.11. The Labute approximate surface area is 127 Å². The van der Waals surface area contributed by atoms with E-state index in [0.717, 1.165) is 0 Å². The summed E-state index contributed by atoms with van der Waals surface area (Å²) in [6, 6.07) is 4.82. The predicted octanol–water partition coefficient (Wildman–Crippen LogP) is 4.38. The predicted molar refractivity (Wildman–Crippen MR) is 71.4 cm³/mol. The SMILES string of the molecule is FC(F)(F)c1cc(C2=NCCn3cccc32)cc(C(F)(F)F)c1. The van der Waals surface area contributed by atoms with Gasteiger partial charge in [0.15, 0.2) is 0 Å². The standard InChI is InChI=1S/C15H10F6N2/c16-14(17,18)10-6-9(7-11(8-10)15(19,20)21)13-12-2-1-4-23(12)5-3-22-13/h1-2,4,6-8H,3,5H2. The van der Waals surface area contributed by atoms with E-state index in [9.17, 15) is 26.3 Å². The summed E-state index contributed by atoms with van der Waals surface area (Å²) in [5.74, 6) is 0. The molecule has 0 spiro atoms. The maximum Gasteiger partial charge on any atom is 0.416 e. The number of rotatable bonds is 1. The summed E-state index contributed by atoms with van der Waals surface area (Å²) < 4.78 is 79.3. The molecule has 2 heterocycles. The lowest BCUT2D eigenvalue weighted by Gasteiger charge is -2.19. The van der Waals surface area contributed by atoms with Crippen molar-refractivity contribution >= 4 is 5.71 Å². The Bertz CT molecular complexity index is 735. The number of fused-ring (bicyclic) bond motifs is 1. The van der Waals surface area contributed by atoms with Gasteiger partial charge in [0.25, 0.3) is 0 Å². The van der Waals surface area contributed by atoms with Crippen molar-refractivity contribution < 1.29 is 26.3 Å². The first kappa shape index (κ1) is 15.6. The van der Waals surface area contributed by atoms with Gasteiger partial charge in [-0.25, -0.2) is 0 Å². The maximum atomic E-state index is 12.9. The lowest BCUT2D eigenvalue weighted by atomic mass is 9.99. The van der Waals surface area contributed by atoms with Gasteiger partial charge in [-0.1, -0.05) is 0 Å². The van der Waals surface area contributed by atoms with E-state index in [2.05, 4.69) is 4.99 Å². The van der Waals surface area contributed by atoms with Gasteiger partial charge in [0.1, 0.15) is 0 Å². The summed E-state index contributed by atoms with van der Waals surface area (Å²) in [4.78, 5) is 4.12. The molecule has 0 aliphatic carbocycles. The summed E-state index contributed by atoms with van der Waals surface area (Å²) >= 11 is 0. The van der Waals surface area contributed by atoms with Gasteiger partial charge in [-0.05, 0) is 30.3 Å². The first-order valence-corrected chi connectivity index (χ1v) is 6.66. The van der Waals surface area contributed by atoms with E-state index in [1.807, 2.05) is 0 Å². The van der Waals surface area contributed by atoms with E-state index >= 15 is 0 Å². The van der Waals surface area contributed by atoms with Crippen molar-refractivity contribution in [2.24, 2.45) is 4.99 Å². The van der Waals surface area contributed by atoms with Crippen LogP contribution in [0.4, 0.5) is 26.3 Å². The number of alkyl halides is 6. The third-order valence-electron chi connectivity index (χ3n) is 3.54. The minimum absolute atomic E-state index is 0.117. The van der Waals surface area contributed by atoms with Gasteiger partial charge < -0.3 is 4.57 Å². The molecule has 8 heteroatoms. The summed E-state index contributed by atoms with van der Waals surface area (Å²) in [6.07, 6.45) is -8.03. The van der Waals surface area contributed by atoms with Gasteiger partial charge in [-0.2, -0.15) is 26.3 Å². The minimum atomic E-state index is -4.87. The molecule has 2 aromatic rings. The smallest absolute Gasteiger partial charge is 0.344 e. The molecule has 0 atom stereocenters. The molecule has 0 saturated carbocycles. The zero-order valence-electron chi connectivity index (χ0n) is 11.5. The Kier molecular flexibility index (Phi) is 3.50. The van der Waals surface area contributed by atoms with Crippen LogP contribution in [0, 0.1) is 0 Å². The molecular weight excluding hydrogens is 322 g/mol. The van der Waals surface area contributed by atoms with E-state index in [1.54, 1.807) is 22.9 Å². The number of hydrogen-bond donors (Lipinski definition) is 0. The lowest BCUT2D eigenvalue weighted by Crippen LogP contribution is -2.20. The molecular formula is C15H10F6N2. The second kappa shape index (κ2) is 5.14. The van der Waals surface area contributed by atoms with Gasteiger partial charge in [-0.3, -0.25) is 4.99 Å². The molecule has 1 aromatic heterocycles. The van der Waals surface area contributed by atoms with E-state index in [-0.39, 0.29) is 17.3 Å². The van der Waals surface area contributed by atoms with Gasteiger partial charge >= 0.3 is 12.4 Å². The molecule has 0 radical (unpaired) electrons. The third-order valence-corrected chi connectivity index (χ3v) is 3.54. The zero-order valence-corrected chi connectivity index (χ0v) is 11.5. The molecule has 0 saturated heterocycles. The van der Waals surface area contributed by atoms with E-state index in [4.69, 9.17) is 0 Å². The molecule has 2 nitrogen and oxygen atoms in total. The zero-order chi connectivity index (χ0) is 16.8. The van der Waals surface area contributed by atoms with Crippen molar-refractivity contribution in [2.45, 2.75) is 18.9 Å². The molecule has 3 rings (SSSR count). The van der Waals surface area contributed by atoms with Crippen molar-refractivity contribution in [2.75, 3.05) is 6.54 Å². The average molecular weight is 332 g/mol. The van der Waals surface area contributed by atoms with Gasteiger partial charge in [0.2, 0.25) is 0 Å². The first-order valence-electron chi connectivity index (χ1n) is 6.66. The highest BCUT2D eigenvalue weighted by Gasteiger charge is 2.37. The molecule has 0 fully saturated rings. The second-order valence-corrected chi connectivity index (χ2v) is 5.11. The number of hydrogen-bond acceptors (Lipinski definition) is 1. The largest absolute Gasteiger partial charge is 0.416 e. The van der Waals surface area contributed by atoms with E-state index < -0.39 is 23.5 Å². The van der Waals surface area contributed by atoms with Crippen molar-refractivity contribution in [3.8, 4) is 0 Å². The highest BCUT2D eigenvalue weighted by Crippen LogP contribution is 2.37. The fraction of sp³-hybridized carbons (Fsp3) is 0.267. The Hall–Kier alpha value is -2.25. The molecule has 23 heavy (non-hydrogen) atoms. The van der Waals surface area contributed by atoms with Crippen LogP contribution >= 0.6 is 0 Å². The fourth-order valence-electron chi connectivity index (χ4n) is 2.51. The highest BCUT2D eigenvalue weighted by atomic mass is 19.4. The van der Waals surface area contributed by atoms with Crippen LogP contribution in [0.15, 0.2) is 41.5 Å². The molecule has 1 aliphatic rings. The molecule has 0 unspecified atom stereocenters. The number of nitrogens with zero attached hydrogens (tertiary/aromatic N) is 2. The fourth-order valence-corrected chi connectivity index (χ4v) is 2.51. The molecule has 0 bridgehead atoms. The highest BCUT2D eigenvalue weighted by molar-refractivity contribution is 6.12. The number of benzene rings is 1. The summed E-state index contributed by atoms with van der Waals surface area (Å²) in [6.45, 7) is 0.839. The van der Waals surface area contributed by atoms with Gasteiger partial charge in [0.05, 0.1) is 29.1 Å². The first-order chi connectivity index (χ1) is 10.7. The summed E-state index contributed by atoms with van der Waals surface area (Å²) in [5, 5.41) is 0. The van der Waals surface area contributed by atoms with Gasteiger partial charge in [-0.15, -0.1) is 0 Å². The molecule has 122 valence electrons. The van der Waals surface area contributed by atoms with Crippen LogP contribution in [0.5, 0.6) is 0 Å². The van der Waals surface area contributed by atoms with Crippen LogP contribution in [0.1, 0.15) is 22.4 Å². The van der Waals surface area contributed by atoms with Crippen molar-refractivity contribution in [3.63, 3.8) is 0 Å². The molecule has 0 N–H and O–H groups in total. The minimum Gasteiger partial charge on any atom is -0.344 e. The Morgan fingerprint density at radius 3 is 2.09 bits per heavy atom. The molecule has 1 aliphatic heterocycles. The summed E-state index contributed by atoms with van der Waals surface area (Å²) in [5.41, 5.74) is -2.23.